The van der Waals surface area contributed by atoms with E-state index in [0.717, 1.165) is 45.2 Å². The van der Waals surface area contributed by atoms with Gasteiger partial charge in [-0.3, -0.25) is 0 Å². The molecule has 4 nitrogen and oxygen atoms in total. The van der Waals surface area contributed by atoms with E-state index < -0.39 is 0 Å². The number of nitrogens with one attached hydrogen (secondary N) is 1. The summed E-state index contributed by atoms with van der Waals surface area (Å²) in [6.07, 6.45) is 4.64. The maximum absolute atomic E-state index is 10.1. The summed E-state index contributed by atoms with van der Waals surface area (Å²) in [5.41, 5.74) is 0.270. The van der Waals surface area contributed by atoms with E-state index in [2.05, 4.69) is 24.1 Å². The third-order valence-corrected chi connectivity index (χ3v) is 5.74. The summed E-state index contributed by atoms with van der Waals surface area (Å²) in [6.45, 7) is 10.7. The van der Waals surface area contributed by atoms with E-state index in [1.807, 2.05) is 0 Å². The predicted octanol–water partition coefficient (Wildman–Crippen LogP) is 1.48. The Morgan fingerprint density at radius 3 is 2.86 bits per heavy atom. The number of ether oxygens (including phenoxy) is 1. The maximum atomic E-state index is 10.1. The Labute approximate surface area is 129 Å². The van der Waals surface area contributed by atoms with Gasteiger partial charge in [-0.1, -0.05) is 13.8 Å². The van der Waals surface area contributed by atoms with Gasteiger partial charge in [-0.2, -0.15) is 0 Å². The van der Waals surface area contributed by atoms with Crippen LogP contribution in [-0.4, -0.2) is 61.5 Å². The monoisotopic (exact) mass is 296 g/mol. The lowest BCUT2D eigenvalue weighted by Gasteiger charge is -2.41. The van der Waals surface area contributed by atoms with E-state index in [1.165, 1.54) is 25.8 Å². The number of nitrogens with zero attached hydrogens (tertiary/aromatic N) is 1. The van der Waals surface area contributed by atoms with Gasteiger partial charge in [0.15, 0.2) is 0 Å². The molecule has 2 saturated heterocycles. The summed E-state index contributed by atoms with van der Waals surface area (Å²) in [7, 11) is 0. The molecule has 0 amide bonds. The normalized spacial score (nSPS) is 40.9. The zero-order chi connectivity index (χ0) is 14.9. The van der Waals surface area contributed by atoms with Crippen molar-refractivity contribution in [3.63, 3.8) is 0 Å². The van der Waals surface area contributed by atoms with Crippen LogP contribution >= 0.6 is 0 Å². The summed E-state index contributed by atoms with van der Waals surface area (Å²) in [5.74, 6) is 1.27. The molecule has 122 valence electrons. The summed E-state index contributed by atoms with van der Waals surface area (Å²) in [4.78, 5) is 2.61. The zero-order valence-corrected chi connectivity index (χ0v) is 13.7. The van der Waals surface area contributed by atoms with Crippen molar-refractivity contribution in [3.8, 4) is 0 Å². The second kappa shape index (κ2) is 6.53. The number of hydrogen-bond acceptors (Lipinski definition) is 4. The fourth-order valence-corrected chi connectivity index (χ4v) is 4.58. The van der Waals surface area contributed by atoms with Gasteiger partial charge in [-0.25, -0.2) is 0 Å². The molecule has 0 radical (unpaired) electrons. The molecule has 0 bridgehead atoms. The maximum Gasteiger partial charge on any atom is 0.0583 e. The van der Waals surface area contributed by atoms with E-state index in [-0.39, 0.29) is 11.5 Å². The van der Waals surface area contributed by atoms with Crippen LogP contribution < -0.4 is 5.32 Å². The fraction of sp³-hybridized carbons (Fsp3) is 1.00. The van der Waals surface area contributed by atoms with Crippen molar-refractivity contribution < 1.29 is 9.84 Å². The van der Waals surface area contributed by atoms with Crippen LogP contribution in [-0.2, 0) is 4.74 Å². The molecule has 4 heteroatoms. The Morgan fingerprint density at radius 2 is 2.19 bits per heavy atom. The first-order valence-corrected chi connectivity index (χ1v) is 8.80. The molecule has 2 aliphatic heterocycles. The summed E-state index contributed by atoms with van der Waals surface area (Å²) >= 11 is 0. The van der Waals surface area contributed by atoms with E-state index in [9.17, 15) is 5.11 Å². The highest BCUT2D eigenvalue weighted by molar-refractivity contribution is 4.97. The lowest BCUT2D eigenvalue weighted by Crippen LogP contribution is -2.50. The summed E-state index contributed by atoms with van der Waals surface area (Å²) in [6, 6.07) is 0.531. The average Bonchev–Trinajstić information content (AvgIpc) is 3.00. The average molecular weight is 296 g/mol. The number of fused-ring (bicyclic) bond motifs is 1. The largest absolute Gasteiger partial charge is 0.393 e. The van der Waals surface area contributed by atoms with E-state index >= 15 is 0 Å². The fourth-order valence-electron chi connectivity index (χ4n) is 4.58. The molecule has 1 aliphatic carbocycles. The Bertz CT molecular complexity index is 342. The van der Waals surface area contributed by atoms with Crippen molar-refractivity contribution in [3.05, 3.63) is 0 Å². The van der Waals surface area contributed by atoms with Crippen LogP contribution in [0, 0.1) is 17.3 Å². The van der Waals surface area contributed by atoms with Gasteiger partial charge >= 0.3 is 0 Å². The molecule has 0 spiro atoms. The number of aliphatic hydroxyl groups is 1. The van der Waals surface area contributed by atoms with Crippen molar-refractivity contribution in [2.75, 3.05) is 39.4 Å². The van der Waals surface area contributed by atoms with Crippen LogP contribution in [0.5, 0.6) is 0 Å². The molecule has 4 unspecified atom stereocenters. The van der Waals surface area contributed by atoms with Gasteiger partial charge in [-0.05, 0) is 31.6 Å². The lowest BCUT2D eigenvalue weighted by molar-refractivity contribution is -0.0256. The van der Waals surface area contributed by atoms with Crippen LogP contribution in [0.4, 0.5) is 0 Å². The molecular weight excluding hydrogens is 264 g/mol. The van der Waals surface area contributed by atoms with Gasteiger partial charge in [-0.15, -0.1) is 0 Å². The smallest absolute Gasteiger partial charge is 0.0583 e. The van der Waals surface area contributed by atoms with Crippen LogP contribution in [0.1, 0.15) is 39.5 Å². The van der Waals surface area contributed by atoms with E-state index in [0.29, 0.717) is 12.0 Å². The summed E-state index contributed by atoms with van der Waals surface area (Å²) in [5, 5.41) is 13.7. The van der Waals surface area contributed by atoms with Crippen LogP contribution in [0.25, 0.3) is 0 Å². The van der Waals surface area contributed by atoms with E-state index in [4.69, 9.17) is 4.74 Å². The number of hydrogen-bond donors (Lipinski definition) is 2. The first-order valence-electron chi connectivity index (χ1n) is 8.80. The number of likely N-dealkylation sites (tertiary alicyclic amines) is 1. The zero-order valence-electron chi connectivity index (χ0n) is 13.7. The molecule has 21 heavy (non-hydrogen) atoms. The van der Waals surface area contributed by atoms with Crippen molar-refractivity contribution >= 4 is 0 Å². The minimum atomic E-state index is -0.0488. The Hall–Kier alpha value is -0.160. The Morgan fingerprint density at radius 1 is 1.33 bits per heavy atom. The first-order chi connectivity index (χ1) is 10.1. The number of rotatable bonds is 5. The van der Waals surface area contributed by atoms with Gasteiger partial charge in [0, 0.05) is 50.2 Å². The minimum Gasteiger partial charge on any atom is -0.393 e. The molecule has 3 aliphatic rings. The van der Waals surface area contributed by atoms with Crippen LogP contribution in [0.3, 0.4) is 0 Å². The highest BCUT2D eigenvalue weighted by Gasteiger charge is 2.44. The Kier molecular flexibility index (Phi) is 4.89. The van der Waals surface area contributed by atoms with Gasteiger partial charge < -0.3 is 20.1 Å². The molecule has 2 N–H and O–H groups in total. The summed E-state index contributed by atoms with van der Waals surface area (Å²) < 4.78 is 5.83. The molecule has 0 aromatic carbocycles. The predicted molar refractivity (Wildman–Crippen MR) is 84.3 cm³/mol. The molecule has 3 fully saturated rings. The first kappa shape index (κ1) is 15.7. The lowest BCUT2D eigenvalue weighted by atomic mass is 9.81. The highest BCUT2D eigenvalue weighted by Crippen LogP contribution is 2.40. The highest BCUT2D eigenvalue weighted by atomic mass is 16.5. The second-order valence-corrected chi connectivity index (χ2v) is 7.95. The number of aliphatic hydroxyl groups excluding tert-OH is 1. The third-order valence-electron chi connectivity index (χ3n) is 5.74. The van der Waals surface area contributed by atoms with Gasteiger partial charge in [0.1, 0.15) is 0 Å². The second-order valence-electron chi connectivity index (χ2n) is 7.95. The van der Waals surface area contributed by atoms with Crippen LogP contribution in [0.2, 0.25) is 0 Å². The van der Waals surface area contributed by atoms with Crippen molar-refractivity contribution in [1.29, 1.82) is 0 Å². The van der Waals surface area contributed by atoms with Crippen molar-refractivity contribution in [1.82, 2.24) is 10.2 Å². The van der Waals surface area contributed by atoms with Crippen molar-refractivity contribution in [2.45, 2.75) is 51.7 Å². The standard InChI is InChI=1S/C17H32N2O2/c1-13(2)18-10-17(6-3-7-21-12-17)11-19-8-14-4-5-16(20)15(14)9-19/h13-16,18,20H,3-12H2,1-2H3. The van der Waals surface area contributed by atoms with Crippen LogP contribution in [0.15, 0.2) is 0 Å². The topological polar surface area (TPSA) is 44.7 Å². The van der Waals surface area contributed by atoms with E-state index in [1.54, 1.807) is 0 Å². The van der Waals surface area contributed by atoms with Gasteiger partial charge in [0.25, 0.3) is 0 Å². The Balaban J connectivity index is 1.59. The molecule has 1 saturated carbocycles. The molecule has 0 aromatic rings. The minimum absolute atomic E-state index is 0.0488. The molecule has 4 atom stereocenters. The van der Waals surface area contributed by atoms with Crippen molar-refractivity contribution in [2.24, 2.45) is 17.3 Å². The molecule has 3 rings (SSSR count). The third kappa shape index (κ3) is 3.61. The molecule has 2 heterocycles. The molecule has 0 aromatic heterocycles. The van der Waals surface area contributed by atoms with Gasteiger partial charge in [0.05, 0.1) is 12.7 Å². The van der Waals surface area contributed by atoms with Gasteiger partial charge in [0.2, 0.25) is 0 Å². The quantitative estimate of drug-likeness (QED) is 0.807. The SMILES string of the molecule is CC(C)NCC1(CN2CC3CCC(O)C3C2)CCCOC1. The molecular formula is C17H32N2O2.